The van der Waals surface area contributed by atoms with Gasteiger partial charge < -0.3 is 0 Å². The second-order valence-electron chi connectivity index (χ2n) is 3.30. The Morgan fingerprint density at radius 2 is 2.28 bits per heavy atom. The van der Waals surface area contributed by atoms with Crippen molar-refractivity contribution in [1.29, 1.82) is 5.26 Å². The molecule has 0 atom stereocenters. The molecule has 2 aromatic heterocycles. The maximum atomic E-state index is 12.1. The number of sulfonamides is 1. The van der Waals surface area contributed by atoms with Crippen LogP contribution in [0.3, 0.4) is 0 Å². The van der Waals surface area contributed by atoms with Gasteiger partial charge in [-0.05, 0) is 0 Å². The monoisotopic (exact) mass is 286 g/mol. The lowest BCUT2D eigenvalue weighted by atomic mass is 10.4. The quantitative estimate of drug-likeness (QED) is 0.850. The van der Waals surface area contributed by atoms with E-state index >= 15 is 0 Å². The summed E-state index contributed by atoms with van der Waals surface area (Å²) in [6.45, 7) is 0. The minimum atomic E-state index is -3.94. The van der Waals surface area contributed by atoms with Gasteiger partial charge in [0.05, 0.1) is 17.4 Å². The molecule has 2 N–H and O–H groups in total. The molecule has 0 saturated carbocycles. The van der Waals surface area contributed by atoms with Crippen molar-refractivity contribution in [2.45, 2.75) is 5.03 Å². The predicted molar refractivity (Wildman–Crippen MR) is 62.3 cm³/mol. The van der Waals surface area contributed by atoms with Crippen LogP contribution in [0, 0.1) is 11.3 Å². The summed E-state index contributed by atoms with van der Waals surface area (Å²) in [7, 11) is -2.49. The first-order chi connectivity index (χ1) is 8.45. The smallest absolute Gasteiger partial charge is 0.261 e. The van der Waals surface area contributed by atoms with Crippen LogP contribution in [0.25, 0.3) is 0 Å². The van der Waals surface area contributed by atoms with Gasteiger partial charge in [-0.25, -0.2) is 0 Å². The van der Waals surface area contributed by atoms with Gasteiger partial charge in [-0.15, -0.1) is 0 Å². The van der Waals surface area contributed by atoms with Gasteiger partial charge in [0.25, 0.3) is 10.0 Å². The Bertz CT molecular complexity index is 706. The van der Waals surface area contributed by atoms with Crippen molar-refractivity contribution in [3.63, 3.8) is 0 Å². The third-order valence-electron chi connectivity index (χ3n) is 2.09. The van der Waals surface area contributed by atoms with Crippen LogP contribution >= 0.6 is 11.6 Å². The second-order valence-corrected chi connectivity index (χ2v) is 5.30. The fourth-order valence-electron chi connectivity index (χ4n) is 1.33. The Kier molecular flexibility index (Phi) is 2.98. The highest BCUT2D eigenvalue weighted by Gasteiger charge is 2.24. The summed E-state index contributed by atoms with van der Waals surface area (Å²) in [4.78, 5) is 0. The number of aryl methyl sites for hydroxylation is 1. The first-order valence-corrected chi connectivity index (χ1v) is 6.45. The largest absolute Gasteiger partial charge is 0.281 e. The number of rotatable bonds is 3. The van der Waals surface area contributed by atoms with Gasteiger partial charge in [-0.2, -0.15) is 23.9 Å². The van der Waals surface area contributed by atoms with E-state index in [0.717, 1.165) is 4.68 Å². The molecule has 0 spiro atoms. The molecule has 2 aromatic rings. The van der Waals surface area contributed by atoms with E-state index in [4.69, 9.17) is 16.9 Å². The number of hydrogen-bond donors (Lipinski definition) is 2. The Morgan fingerprint density at radius 3 is 2.83 bits per heavy atom. The maximum Gasteiger partial charge on any atom is 0.281 e. The fourth-order valence-corrected chi connectivity index (χ4v) is 3.03. The summed E-state index contributed by atoms with van der Waals surface area (Å²) < 4.78 is 27.4. The van der Waals surface area contributed by atoms with Gasteiger partial charge in [0.15, 0.2) is 10.8 Å². The van der Waals surface area contributed by atoms with Crippen LogP contribution in [0.5, 0.6) is 0 Å². The summed E-state index contributed by atoms with van der Waals surface area (Å²) in [6, 6.07) is 1.80. The van der Waals surface area contributed by atoms with Gasteiger partial charge in [-0.1, -0.05) is 11.6 Å². The van der Waals surface area contributed by atoms with E-state index in [2.05, 4.69) is 20.0 Å². The zero-order chi connectivity index (χ0) is 13.3. The molecule has 2 rings (SSSR count). The zero-order valence-electron chi connectivity index (χ0n) is 9.05. The summed E-state index contributed by atoms with van der Waals surface area (Å²) in [5.41, 5.74) is 0.0804. The SMILES string of the molecule is Cn1ncc(Cl)c1S(=O)(=O)Nc1[nH]ncc1C#N. The minimum absolute atomic E-state index is 0.0111. The van der Waals surface area contributed by atoms with Crippen molar-refractivity contribution in [3.05, 3.63) is 23.0 Å². The van der Waals surface area contributed by atoms with Crippen LogP contribution in [-0.4, -0.2) is 28.4 Å². The number of aromatic nitrogens is 4. The van der Waals surface area contributed by atoms with Crippen LogP contribution in [0.1, 0.15) is 5.56 Å². The van der Waals surface area contributed by atoms with E-state index in [-0.39, 0.29) is 21.4 Å². The third-order valence-corrected chi connectivity index (χ3v) is 3.95. The highest BCUT2D eigenvalue weighted by atomic mass is 35.5. The number of hydrogen-bond acceptors (Lipinski definition) is 5. The molecule has 0 saturated heterocycles. The lowest BCUT2D eigenvalue weighted by Crippen LogP contribution is -2.18. The molecule has 10 heteroatoms. The first kappa shape index (κ1) is 12.4. The number of nitrogens with one attached hydrogen (secondary N) is 2. The van der Waals surface area contributed by atoms with Crippen molar-refractivity contribution >= 4 is 27.4 Å². The third kappa shape index (κ3) is 2.03. The van der Waals surface area contributed by atoms with Gasteiger partial charge >= 0.3 is 0 Å². The van der Waals surface area contributed by atoms with Gasteiger partial charge in [0.1, 0.15) is 11.6 Å². The normalized spacial score (nSPS) is 11.2. The highest BCUT2D eigenvalue weighted by Crippen LogP contribution is 2.22. The molecule has 0 fully saturated rings. The van der Waals surface area contributed by atoms with Crippen LogP contribution in [0.15, 0.2) is 17.4 Å². The Labute approximate surface area is 107 Å². The van der Waals surface area contributed by atoms with Gasteiger partial charge in [0.2, 0.25) is 0 Å². The lowest BCUT2D eigenvalue weighted by molar-refractivity contribution is 0.582. The number of H-pyrrole nitrogens is 1. The standard InChI is InChI=1S/C8H7ClN6O2S/c1-15-8(6(9)4-12-15)18(16,17)14-7-5(2-10)3-11-13-7/h3-4H,1H3,(H2,11,13,14). The fraction of sp³-hybridized carbons (Fsp3) is 0.125. The first-order valence-electron chi connectivity index (χ1n) is 4.59. The van der Waals surface area contributed by atoms with E-state index in [1.54, 1.807) is 6.07 Å². The van der Waals surface area contributed by atoms with Crippen LogP contribution in [-0.2, 0) is 17.1 Å². The van der Waals surface area contributed by atoms with Crippen molar-refractivity contribution in [1.82, 2.24) is 20.0 Å². The van der Waals surface area contributed by atoms with Gasteiger partial charge in [0, 0.05) is 7.05 Å². The van der Waals surface area contributed by atoms with Crippen molar-refractivity contribution in [3.8, 4) is 6.07 Å². The topological polar surface area (TPSA) is 116 Å². The Balaban J connectivity index is 2.43. The molecule has 0 aliphatic carbocycles. The number of anilines is 1. The number of nitriles is 1. The summed E-state index contributed by atoms with van der Waals surface area (Å²) in [6.07, 6.45) is 2.43. The molecule has 0 aliphatic rings. The molecule has 8 nitrogen and oxygen atoms in total. The zero-order valence-corrected chi connectivity index (χ0v) is 10.6. The van der Waals surface area contributed by atoms with Crippen LogP contribution in [0.4, 0.5) is 5.82 Å². The van der Waals surface area contributed by atoms with Crippen molar-refractivity contribution in [2.24, 2.45) is 7.05 Å². The average molecular weight is 287 g/mol. The molecule has 18 heavy (non-hydrogen) atoms. The molecule has 0 aliphatic heterocycles. The molecule has 0 aromatic carbocycles. The molecule has 2 heterocycles. The number of nitrogens with zero attached hydrogens (tertiary/aromatic N) is 4. The van der Waals surface area contributed by atoms with E-state index in [0.29, 0.717) is 0 Å². The van der Waals surface area contributed by atoms with Crippen molar-refractivity contribution < 1.29 is 8.42 Å². The molecular weight excluding hydrogens is 280 g/mol. The van der Waals surface area contributed by atoms with Crippen molar-refractivity contribution in [2.75, 3.05) is 4.72 Å². The van der Waals surface area contributed by atoms with E-state index in [9.17, 15) is 8.42 Å². The second kappa shape index (κ2) is 4.32. The lowest BCUT2D eigenvalue weighted by Gasteiger charge is -2.06. The average Bonchev–Trinajstić information content (AvgIpc) is 2.85. The number of aromatic amines is 1. The summed E-state index contributed by atoms with van der Waals surface area (Å²) >= 11 is 5.75. The Morgan fingerprint density at radius 1 is 1.56 bits per heavy atom. The van der Waals surface area contributed by atoms with E-state index in [1.165, 1.54) is 19.4 Å². The highest BCUT2D eigenvalue weighted by molar-refractivity contribution is 7.92. The van der Waals surface area contributed by atoms with Gasteiger partial charge in [-0.3, -0.25) is 14.5 Å². The molecule has 94 valence electrons. The maximum absolute atomic E-state index is 12.1. The van der Waals surface area contributed by atoms with E-state index < -0.39 is 10.0 Å². The molecule has 0 amide bonds. The van der Waals surface area contributed by atoms with Crippen LogP contribution < -0.4 is 4.72 Å². The molecule has 0 radical (unpaired) electrons. The van der Waals surface area contributed by atoms with E-state index in [1.807, 2.05) is 0 Å². The Hall–Kier alpha value is -2.05. The number of halogens is 1. The molecular formula is C8H7ClN6O2S. The summed E-state index contributed by atoms with van der Waals surface area (Å²) in [5.74, 6) is -0.0187. The minimum Gasteiger partial charge on any atom is -0.261 e. The summed E-state index contributed by atoms with van der Waals surface area (Å²) in [5, 5.41) is 18.2. The van der Waals surface area contributed by atoms with Crippen LogP contribution in [0.2, 0.25) is 5.02 Å². The molecule has 0 unspecified atom stereocenters. The molecule has 0 bridgehead atoms. The predicted octanol–water partition coefficient (Wildman–Crippen LogP) is 0.469.